The highest BCUT2D eigenvalue weighted by Crippen LogP contribution is 2.13. The maximum atomic E-state index is 5.53. The normalized spacial score (nSPS) is 12.2. The lowest BCUT2D eigenvalue weighted by atomic mass is 10.0. The second kappa shape index (κ2) is 6.32. The molecule has 1 atom stereocenters. The Bertz CT molecular complexity index is 582. The first-order chi connectivity index (χ1) is 9.54. The summed E-state index contributed by atoms with van der Waals surface area (Å²) in [5, 5.41) is 3.24. The summed E-state index contributed by atoms with van der Waals surface area (Å²) in [7, 11) is 0. The molecule has 2 aromatic rings. The summed E-state index contributed by atoms with van der Waals surface area (Å²) in [6.07, 6.45) is 3.45. The summed E-state index contributed by atoms with van der Waals surface area (Å²) in [5.74, 6) is 0.772. The van der Waals surface area contributed by atoms with Crippen LogP contribution in [0.15, 0.2) is 24.5 Å². The molecule has 0 bridgehead atoms. The Morgan fingerprint density at radius 1 is 1.20 bits per heavy atom. The van der Waals surface area contributed by atoms with Gasteiger partial charge in [-0.25, -0.2) is 9.97 Å². The topological polar surface area (TPSA) is 76.7 Å². The predicted molar refractivity (Wildman–Crippen MR) is 81.6 cm³/mol. The fourth-order valence-corrected chi connectivity index (χ4v) is 2.01. The molecule has 5 nitrogen and oxygen atoms in total. The van der Waals surface area contributed by atoms with Crippen molar-refractivity contribution in [1.82, 2.24) is 15.0 Å². The average Bonchev–Trinajstić information content (AvgIpc) is 2.40. The lowest BCUT2D eigenvalue weighted by Gasteiger charge is -2.14. The van der Waals surface area contributed by atoms with Gasteiger partial charge in [0.05, 0.1) is 0 Å². The van der Waals surface area contributed by atoms with Gasteiger partial charge < -0.3 is 11.1 Å². The third-order valence-electron chi connectivity index (χ3n) is 3.40. The zero-order valence-corrected chi connectivity index (χ0v) is 12.2. The van der Waals surface area contributed by atoms with E-state index in [0.29, 0.717) is 5.95 Å². The van der Waals surface area contributed by atoms with Crippen LogP contribution in [0.3, 0.4) is 0 Å². The molecule has 0 aliphatic rings. The van der Waals surface area contributed by atoms with Crippen LogP contribution in [0.25, 0.3) is 0 Å². The average molecular weight is 271 g/mol. The minimum absolute atomic E-state index is 0.240. The summed E-state index contributed by atoms with van der Waals surface area (Å²) in [6.45, 7) is 6.39. The molecule has 0 saturated carbocycles. The summed E-state index contributed by atoms with van der Waals surface area (Å²) in [5.41, 5.74) is 9.56. The van der Waals surface area contributed by atoms with Crippen LogP contribution in [0.2, 0.25) is 0 Å². The molecule has 0 saturated heterocycles. The number of aryl methyl sites for hydroxylation is 3. The molecule has 3 N–H and O–H groups in total. The monoisotopic (exact) mass is 271 g/mol. The number of rotatable bonds is 5. The Morgan fingerprint density at radius 2 is 2.00 bits per heavy atom. The van der Waals surface area contributed by atoms with Crippen LogP contribution in [-0.4, -0.2) is 21.0 Å². The van der Waals surface area contributed by atoms with Gasteiger partial charge in [0, 0.05) is 6.04 Å². The SMILES string of the molecule is Cc1ccc(CCC(C)Nc2ncnc(N)n2)cc1C. The highest BCUT2D eigenvalue weighted by atomic mass is 15.2. The first-order valence-electron chi connectivity index (χ1n) is 6.82. The first-order valence-corrected chi connectivity index (χ1v) is 6.82. The Morgan fingerprint density at radius 3 is 2.70 bits per heavy atom. The standard InChI is InChI=1S/C15H21N5/c1-10-4-6-13(8-11(10)2)7-5-12(3)19-15-18-9-17-14(16)20-15/h4,6,8-9,12H,5,7H2,1-3H3,(H3,16,17,18,19,20). The fraction of sp³-hybridized carbons (Fsp3) is 0.400. The van der Waals surface area contributed by atoms with E-state index in [1.807, 2.05) is 0 Å². The van der Waals surface area contributed by atoms with E-state index in [-0.39, 0.29) is 12.0 Å². The number of nitrogens with zero attached hydrogens (tertiary/aromatic N) is 3. The summed E-state index contributed by atoms with van der Waals surface area (Å²) < 4.78 is 0. The number of nitrogens with one attached hydrogen (secondary N) is 1. The van der Waals surface area contributed by atoms with Crippen molar-refractivity contribution in [1.29, 1.82) is 0 Å². The molecular formula is C15H21N5. The quantitative estimate of drug-likeness (QED) is 0.873. The fourth-order valence-electron chi connectivity index (χ4n) is 2.01. The molecule has 5 heteroatoms. The van der Waals surface area contributed by atoms with E-state index < -0.39 is 0 Å². The minimum Gasteiger partial charge on any atom is -0.368 e. The van der Waals surface area contributed by atoms with Crippen LogP contribution in [0.1, 0.15) is 30.0 Å². The Hall–Kier alpha value is -2.17. The van der Waals surface area contributed by atoms with Gasteiger partial charge in [-0.3, -0.25) is 0 Å². The Balaban J connectivity index is 1.88. The van der Waals surface area contributed by atoms with Crippen LogP contribution in [0, 0.1) is 13.8 Å². The second-order valence-corrected chi connectivity index (χ2v) is 5.17. The van der Waals surface area contributed by atoms with Gasteiger partial charge in [-0.2, -0.15) is 4.98 Å². The van der Waals surface area contributed by atoms with Crippen LogP contribution in [-0.2, 0) is 6.42 Å². The van der Waals surface area contributed by atoms with Gasteiger partial charge in [-0.1, -0.05) is 18.2 Å². The zero-order valence-electron chi connectivity index (χ0n) is 12.2. The number of aromatic nitrogens is 3. The molecule has 0 aliphatic heterocycles. The van der Waals surface area contributed by atoms with Crippen molar-refractivity contribution in [2.24, 2.45) is 0 Å². The van der Waals surface area contributed by atoms with Crippen molar-refractivity contribution in [2.45, 2.75) is 39.7 Å². The van der Waals surface area contributed by atoms with Crippen molar-refractivity contribution in [2.75, 3.05) is 11.1 Å². The lowest BCUT2D eigenvalue weighted by Crippen LogP contribution is -2.18. The number of anilines is 2. The van der Waals surface area contributed by atoms with E-state index in [1.54, 1.807) is 0 Å². The molecule has 0 amide bonds. The van der Waals surface area contributed by atoms with Gasteiger partial charge in [-0.05, 0) is 50.3 Å². The molecule has 1 aromatic heterocycles. The van der Waals surface area contributed by atoms with E-state index in [0.717, 1.165) is 12.8 Å². The van der Waals surface area contributed by atoms with Crippen molar-refractivity contribution < 1.29 is 0 Å². The van der Waals surface area contributed by atoms with Crippen molar-refractivity contribution in [3.05, 3.63) is 41.2 Å². The highest BCUT2D eigenvalue weighted by molar-refractivity contribution is 5.31. The Kier molecular flexibility index (Phi) is 4.50. The van der Waals surface area contributed by atoms with Crippen molar-refractivity contribution >= 4 is 11.9 Å². The van der Waals surface area contributed by atoms with Gasteiger partial charge in [-0.15, -0.1) is 0 Å². The number of benzene rings is 1. The number of hydrogen-bond acceptors (Lipinski definition) is 5. The number of nitrogens with two attached hydrogens (primary N) is 1. The molecule has 20 heavy (non-hydrogen) atoms. The molecule has 106 valence electrons. The molecule has 1 aromatic carbocycles. The van der Waals surface area contributed by atoms with Crippen molar-refractivity contribution in [3.63, 3.8) is 0 Å². The van der Waals surface area contributed by atoms with Crippen LogP contribution >= 0.6 is 0 Å². The van der Waals surface area contributed by atoms with Gasteiger partial charge in [0.2, 0.25) is 11.9 Å². The van der Waals surface area contributed by atoms with Gasteiger partial charge in [0.15, 0.2) is 0 Å². The predicted octanol–water partition coefficient (Wildman–Crippen LogP) is 2.50. The molecule has 0 spiro atoms. The molecule has 2 rings (SSSR count). The summed E-state index contributed by atoms with van der Waals surface area (Å²) in [6, 6.07) is 6.90. The molecule has 1 unspecified atom stereocenters. The number of hydrogen-bond donors (Lipinski definition) is 2. The zero-order chi connectivity index (χ0) is 14.5. The molecular weight excluding hydrogens is 250 g/mol. The highest BCUT2D eigenvalue weighted by Gasteiger charge is 2.06. The van der Waals surface area contributed by atoms with E-state index >= 15 is 0 Å². The first kappa shape index (κ1) is 14.2. The largest absolute Gasteiger partial charge is 0.368 e. The van der Waals surface area contributed by atoms with Crippen LogP contribution < -0.4 is 11.1 Å². The molecule has 0 fully saturated rings. The van der Waals surface area contributed by atoms with E-state index in [4.69, 9.17) is 5.73 Å². The second-order valence-electron chi connectivity index (χ2n) is 5.17. The smallest absolute Gasteiger partial charge is 0.227 e. The minimum atomic E-state index is 0.240. The molecule has 0 aliphatic carbocycles. The Labute approximate surface area is 119 Å². The lowest BCUT2D eigenvalue weighted by molar-refractivity contribution is 0.697. The van der Waals surface area contributed by atoms with Gasteiger partial charge in [0.25, 0.3) is 0 Å². The van der Waals surface area contributed by atoms with Gasteiger partial charge in [0.1, 0.15) is 6.33 Å². The van der Waals surface area contributed by atoms with Crippen LogP contribution in [0.5, 0.6) is 0 Å². The van der Waals surface area contributed by atoms with E-state index in [1.165, 1.54) is 23.0 Å². The summed E-state index contributed by atoms with van der Waals surface area (Å²) >= 11 is 0. The number of nitrogen functional groups attached to an aromatic ring is 1. The molecule has 1 heterocycles. The van der Waals surface area contributed by atoms with E-state index in [9.17, 15) is 0 Å². The molecule has 0 radical (unpaired) electrons. The maximum Gasteiger partial charge on any atom is 0.227 e. The van der Waals surface area contributed by atoms with E-state index in [2.05, 4.69) is 59.2 Å². The maximum absolute atomic E-state index is 5.53. The van der Waals surface area contributed by atoms with Crippen molar-refractivity contribution in [3.8, 4) is 0 Å². The summed E-state index contributed by atoms with van der Waals surface area (Å²) in [4.78, 5) is 11.9. The van der Waals surface area contributed by atoms with Crippen LogP contribution in [0.4, 0.5) is 11.9 Å². The third-order valence-corrected chi connectivity index (χ3v) is 3.40. The van der Waals surface area contributed by atoms with Gasteiger partial charge >= 0.3 is 0 Å². The third kappa shape index (κ3) is 3.91.